The van der Waals surface area contributed by atoms with Crippen molar-refractivity contribution in [3.05, 3.63) is 54.7 Å². The second kappa shape index (κ2) is 9.33. The molecule has 11 heteroatoms. The first-order valence-electron chi connectivity index (χ1n) is 8.88. The van der Waals surface area contributed by atoms with Gasteiger partial charge in [0, 0.05) is 25.6 Å². The van der Waals surface area contributed by atoms with Crippen molar-refractivity contribution >= 4 is 33.3 Å². The minimum Gasteiger partial charge on any atom is -0.345 e. The van der Waals surface area contributed by atoms with Crippen molar-refractivity contribution < 1.29 is 13.2 Å². The number of pyridine rings is 2. The van der Waals surface area contributed by atoms with Gasteiger partial charge in [-0.3, -0.25) is 14.2 Å². The first-order chi connectivity index (χ1) is 13.9. The van der Waals surface area contributed by atoms with Crippen LogP contribution in [0.1, 0.15) is 18.3 Å². The molecule has 1 N–H and O–H groups in total. The number of carbonyl (C=O) groups is 1. The second-order valence-corrected chi connectivity index (χ2v) is 9.37. The molecule has 0 saturated heterocycles. The molecule has 3 aromatic rings. The maximum absolute atomic E-state index is 12.6. The first-order valence-corrected chi connectivity index (χ1v) is 11.7. The van der Waals surface area contributed by atoms with Crippen LogP contribution in [0.2, 0.25) is 0 Å². The molecule has 3 aromatic heterocycles. The number of aromatic nitrogens is 4. The van der Waals surface area contributed by atoms with E-state index < -0.39 is 15.9 Å². The van der Waals surface area contributed by atoms with Crippen molar-refractivity contribution in [3.63, 3.8) is 0 Å². The summed E-state index contributed by atoms with van der Waals surface area (Å²) >= 11 is 1.65. The van der Waals surface area contributed by atoms with E-state index in [-0.39, 0.29) is 17.5 Å². The van der Waals surface area contributed by atoms with Crippen LogP contribution < -0.4 is 5.32 Å². The van der Waals surface area contributed by atoms with Crippen LogP contribution in [-0.2, 0) is 14.8 Å². The number of nitrogens with zero attached hydrogens (tertiary/aromatic N) is 5. The average molecular weight is 435 g/mol. The van der Waals surface area contributed by atoms with Crippen LogP contribution in [0, 0.1) is 0 Å². The van der Waals surface area contributed by atoms with Crippen LogP contribution in [0.25, 0.3) is 5.65 Å². The Kier molecular flexibility index (Phi) is 6.83. The summed E-state index contributed by atoms with van der Waals surface area (Å²) in [6.45, 7) is -0.316. The molecule has 0 fully saturated rings. The third-order valence-electron chi connectivity index (χ3n) is 4.31. The quantitative estimate of drug-likeness (QED) is 0.541. The summed E-state index contributed by atoms with van der Waals surface area (Å²) < 4.78 is 28.0. The van der Waals surface area contributed by atoms with E-state index in [1.165, 1.54) is 31.6 Å². The van der Waals surface area contributed by atoms with Crippen LogP contribution in [0.3, 0.4) is 0 Å². The molecular formula is C18H22N6O3S2. The molecule has 3 heterocycles. The molecule has 0 spiro atoms. The molecule has 0 aliphatic carbocycles. The van der Waals surface area contributed by atoms with Gasteiger partial charge in [0.05, 0.1) is 12.6 Å². The lowest BCUT2D eigenvalue weighted by molar-refractivity contribution is -0.122. The van der Waals surface area contributed by atoms with Gasteiger partial charge in [-0.2, -0.15) is 16.1 Å². The minimum atomic E-state index is -3.80. The summed E-state index contributed by atoms with van der Waals surface area (Å²) in [5.74, 6) is 0.996. The van der Waals surface area contributed by atoms with E-state index in [0.29, 0.717) is 17.9 Å². The summed E-state index contributed by atoms with van der Waals surface area (Å²) in [4.78, 5) is 16.5. The molecule has 154 valence electrons. The fraction of sp³-hybridized carbons (Fsp3) is 0.333. The number of rotatable bonds is 9. The van der Waals surface area contributed by atoms with E-state index in [4.69, 9.17) is 0 Å². The Morgan fingerprint density at radius 3 is 2.83 bits per heavy atom. The molecule has 1 atom stereocenters. The molecule has 0 radical (unpaired) electrons. The van der Waals surface area contributed by atoms with Crippen LogP contribution in [-0.4, -0.2) is 63.8 Å². The number of hydrogen-bond donors (Lipinski definition) is 1. The van der Waals surface area contributed by atoms with Crippen LogP contribution >= 0.6 is 11.8 Å². The van der Waals surface area contributed by atoms with Gasteiger partial charge in [0.2, 0.25) is 15.9 Å². The number of nitrogens with one attached hydrogen (secondary N) is 1. The molecule has 29 heavy (non-hydrogen) atoms. The SMILES string of the molecule is CSCCC(NC(=O)CN(C)S(=O)(=O)c1cccnc1)c1nnc2ccccn12. The highest BCUT2D eigenvalue weighted by molar-refractivity contribution is 7.98. The number of amides is 1. The number of fused-ring (bicyclic) bond motifs is 1. The Morgan fingerprint density at radius 2 is 2.10 bits per heavy atom. The van der Waals surface area contributed by atoms with Gasteiger partial charge in [-0.1, -0.05) is 6.07 Å². The largest absolute Gasteiger partial charge is 0.345 e. The van der Waals surface area contributed by atoms with Gasteiger partial charge in [0.15, 0.2) is 11.5 Å². The van der Waals surface area contributed by atoms with Gasteiger partial charge in [-0.25, -0.2) is 8.42 Å². The number of carbonyl (C=O) groups excluding carboxylic acids is 1. The van der Waals surface area contributed by atoms with Crippen molar-refractivity contribution in [1.82, 2.24) is 29.2 Å². The van der Waals surface area contributed by atoms with E-state index in [9.17, 15) is 13.2 Å². The van der Waals surface area contributed by atoms with Crippen molar-refractivity contribution in [3.8, 4) is 0 Å². The average Bonchev–Trinajstić information content (AvgIpc) is 3.15. The number of thioether (sulfide) groups is 1. The van der Waals surface area contributed by atoms with Crippen molar-refractivity contribution in [1.29, 1.82) is 0 Å². The fourth-order valence-corrected chi connectivity index (χ4v) is 4.37. The van der Waals surface area contributed by atoms with E-state index >= 15 is 0 Å². The smallest absolute Gasteiger partial charge is 0.244 e. The zero-order chi connectivity index (χ0) is 20.9. The molecule has 1 amide bonds. The fourth-order valence-electron chi connectivity index (χ4n) is 2.81. The van der Waals surface area contributed by atoms with Gasteiger partial charge in [-0.05, 0) is 42.7 Å². The van der Waals surface area contributed by atoms with Gasteiger partial charge in [-0.15, -0.1) is 10.2 Å². The Balaban J connectivity index is 1.75. The molecule has 0 saturated carbocycles. The van der Waals surface area contributed by atoms with Gasteiger partial charge < -0.3 is 5.32 Å². The zero-order valence-corrected chi connectivity index (χ0v) is 17.7. The predicted molar refractivity (Wildman–Crippen MR) is 111 cm³/mol. The lowest BCUT2D eigenvalue weighted by Crippen LogP contribution is -2.40. The summed E-state index contributed by atoms with van der Waals surface area (Å²) in [6, 6.07) is 8.15. The van der Waals surface area contributed by atoms with E-state index in [0.717, 1.165) is 10.1 Å². The molecule has 0 bridgehead atoms. The molecule has 0 aliphatic heterocycles. The van der Waals surface area contributed by atoms with Gasteiger partial charge in [0.1, 0.15) is 4.90 Å². The monoisotopic (exact) mass is 434 g/mol. The Labute approximate surface area is 173 Å². The van der Waals surface area contributed by atoms with Crippen molar-refractivity contribution in [2.75, 3.05) is 25.6 Å². The predicted octanol–water partition coefficient (Wildman–Crippen LogP) is 1.36. The van der Waals surface area contributed by atoms with Crippen LogP contribution in [0.4, 0.5) is 0 Å². The number of sulfonamides is 1. The second-order valence-electron chi connectivity index (χ2n) is 6.34. The molecule has 9 nitrogen and oxygen atoms in total. The number of likely N-dealkylation sites (N-methyl/N-ethyl adjacent to an activating group) is 1. The van der Waals surface area contributed by atoms with Crippen LogP contribution in [0.15, 0.2) is 53.8 Å². The zero-order valence-electron chi connectivity index (χ0n) is 16.1. The summed E-state index contributed by atoms with van der Waals surface area (Å²) in [6.07, 6.45) is 7.21. The maximum Gasteiger partial charge on any atom is 0.244 e. The molecule has 3 rings (SSSR count). The minimum absolute atomic E-state index is 0.0395. The normalized spacial score (nSPS) is 12.9. The summed E-state index contributed by atoms with van der Waals surface area (Å²) in [5, 5.41) is 11.3. The Hall–Kier alpha value is -2.50. The third kappa shape index (κ3) is 4.92. The standard InChI is InChI=1S/C18H22N6O3S2/c1-23(29(26,27)14-6-5-9-19-12-14)13-17(25)20-15(8-11-28-2)18-22-21-16-7-3-4-10-24(16)18/h3-7,9-10,12,15H,8,11,13H2,1-2H3,(H,20,25). The third-order valence-corrected chi connectivity index (χ3v) is 6.74. The summed E-state index contributed by atoms with van der Waals surface area (Å²) in [5.41, 5.74) is 0.683. The maximum atomic E-state index is 12.6. The van der Waals surface area contributed by atoms with E-state index in [2.05, 4.69) is 20.5 Å². The summed E-state index contributed by atoms with van der Waals surface area (Å²) in [7, 11) is -2.44. The highest BCUT2D eigenvalue weighted by Gasteiger charge is 2.25. The van der Waals surface area contributed by atoms with Gasteiger partial charge >= 0.3 is 0 Å². The Morgan fingerprint density at radius 1 is 1.28 bits per heavy atom. The van der Waals surface area contributed by atoms with Crippen molar-refractivity contribution in [2.45, 2.75) is 17.4 Å². The lowest BCUT2D eigenvalue weighted by Gasteiger charge is -2.20. The van der Waals surface area contributed by atoms with Crippen molar-refractivity contribution in [2.24, 2.45) is 0 Å². The lowest BCUT2D eigenvalue weighted by atomic mass is 10.2. The Bertz CT molecular complexity index is 1070. The van der Waals surface area contributed by atoms with E-state index in [1.54, 1.807) is 11.8 Å². The van der Waals surface area contributed by atoms with Gasteiger partial charge in [0.25, 0.3) is 0 Å². The van der Waals surface area contributed by atoms with E-state index in [1.807, 2.05) is 35.1 Å². The van der Waals surface area contributed by atoms with Crippen LogP contribution in [0.5, 0.6) is 0 Å². The highest BCUT2D eigenvalue weighted by atomic mass is 32.2. The number of hydrogen-bond acceptors (Lipinski definition) is 7. The molecular weight excluding hydrogens is 412 g/mol. The molecule has 0 aliphatic rings. The highest BCUT2D eigenvalue weighted by Crippen LogP contribution is 2.19. The molecule has 1 unspecified atom stereocenters. The molecule has 0 aromatic carbocycles. The first kappa shape index (κ1) is 21.2. The topological polar surface area (TPSA) is 110 Å².